The Bertz CT molecular complexity index is 412. The molecule has 0 unspecified atom stereocenters. The summed E-state index contributed by atoms with van der Waals surface area (Å²) in [7, 11) is 1.08. The second-order valence-electron chi connectivity index (χ2n) is 2.94. The normalized spacial score (nSPS) is 10.9. The standard InChI is InChI=1S/C11H10F2O2.C2H6/c1-7(10(13)11(14)15-2)8-4-3-5-9(12)6-8;1-2/h3-6H,1-2H3;1-2H3/b10-7-;. The van der Waals surface area contributed by atoms with Crippen LogP contribution in [0.25, 0.3) is 5.57 Å². The number of halogens is 2. The molecule has 2 nitrogen and oxygen atoms in total. The van der Waals surface area contributed by atoms with Gasteiger partial charge in [0.25, 0.3) is 0 Å². The van der Waals surface area contributed by atoms with Crippen molar-refractivity contribution in [2.75, 3.05) is 7.11 Å². The van der Waals surface area contributed by atoms with Crippen molar-refractivity contribution in [3.63, 3.8) is 0 Å². The van der Waals surface area contributed by atoms with Gasteiger partial charge in [-0.1, -0.05) is 26.0 Å². The maximum atomic E-state index is 13.3. The molecule has 0 aromatic heterocycles. The van der Waals surface area contributed by atoms with Crippen LogP contribution in [0.2, 0.25) is 0 Å². The Balaban J connectivity index is 0.00000121. The number of carbonyl (C=O) groups excluding carboxylic acids is 1. The van der Waals surface area contributed by atoms with Crippen molar-refractivity contribution in [2.45, 2.75) is 20.8 Å². The van der Waals surface area contributed by atoms with Gasteiger partial charge in [0.05, 0.1) is 7.11 Å². The lowest BCUT2D eigenvalue weighted by atomic mass is 10.1. The number of ether oxygens (including phenoxy) is 1. The first-order chi connectivity index (χ1) is 8.06. The summed E-state index contributed by atoms with van der Waals surface area (Å²) >= 11 is 0. The Morgan fingerprint density at radius 2 is 1.88 bits per heavy atom. The summed E-state index contributed by atoms with van der Waals surface area (Å²) in [5.74, 6) is -2.55. The largest absolute Gasteiger partial charge is 0.464 e. The van der Waals surface area contributed by atoms with Gasteiger partial charge >= 0.3 is 5.97 Å². The molecule has 1 aromatic rings. The summed E-state index contributed by atoms with van der Waals surface area (Å²) < 4.78 is 30.3. The van der Waals surface area contributed by atoms with Crippen LogP contribution in [-0.4, -0.2) is 13.1 Å². The number of esters is 1. The number of carbonyl (C=O) groups is 1. The van der Waals surface area contributed by atoms with Crippen LogP contribution in [0.3, 0.4) is 0 Å². The van der Waals surface area contributed by atoms with Gasteiger partial charge in [-0.15, -0.1) is 0 Å². The van der Waals surface area contributed by atoms with Crippen molar-refractivity contribution in [1.82, 2.24) is 0 Å². The molecule has 17 heavy (non-hydrogen) atoms. The fourth-order valence-corrected chi connectivity index (χ4v) is 1.09. The van der Waals surface area contributed by atoms with E-state index in [9.17, 15) is 13.6 Å². The second-order valence-corrected chi connectivity index (χ2v) is 2.94. The minimum atomic E-state index is -1.06. The molecule has 0 heterocycles. The van der Waals surface area contributed by atoms with Crippen molar-refractivity contribution >= 4 is 11.5 Å². The van der Waals surface area contributed by atoms with Crippen molar-refractivity contribution in [3.8, 4) is 0 Å². The van der Waals surface area contributed by atoms with Gasteiger partial charge in [0.2, 0.25) is 5.83 Å². The molecule has 0 spiro atoms. The monoisotopic (exact) mass is 242 g/mol. The van der Waals surface area contributed by atoms with E-state index in [1.165, 1.54) is 25.1 Å². The zero-order valence-corrected chi connectivity index (χ0v) is 10.4. The third-order valence-corrected chi connectivity index (χ3v) is 1.95. The highest BCUT2D eigenvalue weighted by molar-refractivity contribution is 5.94. The van der Waals surface area contributed by atoms with E-state index in [1.54, 1.807) is 0 Å². The van der Waals surface area contributed by atoms with E-state index in [0.29, 0.717) is 5.56 Å². The fourth-order valence-electron chi connectivity index (χ4n) is 1.09. The number of benzene rings is 1. The Morgan fingerprint density at radius 1 is 1.29 bits per heavy atom. The van der Waals surface area contributed by atoms with E-state index in [1.807, 2.05) is 13.8 Å². The average Bonchev–Trinajstić information content (AvgIpc) is 2.38. The predicted molar refractivity (Wildman–Crippen MR) is 63.5 cm³/mol. The van der Waals surface area contributed by atoms with Crippen LogP contribution in [0.1, 0.15) is 26.3 Å². The van der Waals surface area contributed by atoms with Gasteiger partial charge in [-0.3, -0.25) is 0 Å². The van der Waals surface area contributed by atoms with E-state index < -0.39 is 17.6 Å². The minimum absolute atomic E-state index is 0.0568. The number of hydrogen-bond acceptors (Lipinski definition) is 2. The molecule has 0 radical (unpaired) electrons. The van der Waals surface area contributed by atoms with Crippen molar-refractivity contribution in [2.24, 2.45) is 0 Å². The summed E-state index contributed by atoms with van der Waals surface area (Å²) in [6, 6.07) is 5.35. The highest BCUT2D eigenvalue weighted by Crippen LogP contribution is 2.20. The van der Waals surface area contributed by atoms with Gasteiger partial charge < -0.3 is 4.74 Å². The Labute approximate surface area is 99.9 Å². The Hall–Kier alpha value is -1.71. The van der Waals surface area contributed by atoms with E-state index >= 15 is 0 Å². The molecule has 94 valence electrons. The molecule has 0 atom stereocenters. The van der Waals surface area contributed by atoms with Crippen LogP contribution >= 0.6 is 0 Å². The number of methoxy groups -OCH3 is 1. The molecule has 4 heteroatoms. The van der Waals surface area contributed by atoms with Gasteiger partial charge in [-0.25, -0.2) is 9.18 Å². The summed E-state index contributed by atoms with van der Waals surface area (Å²) in [4.78, 5) is 10.9. The topological polar surface area (TPSA) is 26.3 Å². The molecule has 0 amide bonds. The maximum Gasteiger partial charge on any atom is 0.367 e. The first kappa shape index (κ1) is 15.3. The van der Waals surface area contributed by atoms with Crippen LogP contribution in [-0.2, 0) is 9.53 Å². The van der Waals surface area contributed by atoms with Gasteiger partial charge in [-0.05, 0) is 30.2 Å². The van der Waals surface area contributed by atoms with E-state index in [4.69, 9.17) is 0 Å². The van der Waals surface area contributed by atoms with Crippen LogP contribution in [0.15, 0.2) is 30.1 Å². The minimum Gasteiger partial charge on any atom is -0.464 e. The average molecular weight is 242 g/mol. The van der Waals surface area contributed by atoms with Gasteiger partial charge in [-0.2, -0.15) is 4.39 Å². The van der Waals surface area contributed by atoms with Crippen molar-refractivity contribution in [3.05, 3.63) is 41.5 Å². The van der Waals surface area contributed by atoms with Gasteiger partial charge in [0, 0.05) is 0 Å². The molecule has 0 saturated carbocycles. The summed E-state index contributed by atoms with van der Waals surface area (Å²) in [6.07, 6.45) is 0. The van der Waals surface area contributed by atoms with Crippen LogP contribution < -0.4 is 0 Å². The Kier molecular flexibility index (Phi) is 6.79. The van der Waals surface area contributed by atoms with E-state index in [0.717, 1.165) is 13.2 Å². The number of allylic oxidation sites excluding steroid dienone is 1. The highest BCUT2D eigenvalue weighted by Gasteiger charge is 2.13. The molecular formula is C13H16F2O2. The highest BCUT2D eigenvalue weighted by atomic mass is 19.1. The SMILES string of the molecule is CC.COC(=O)/C(F)=C(\C)c1cccc(F)c1. The van der Waals surface area contributed by atoms with Crippen LogP contribution in [0, 0.1) is 5.82 Å². The lowest BCUT2D eigenvalue weighted by Crippen LogP contribution is -2.02. The molecule has 0 bridgehead atoms. The fraction of sp³-hybridized carbons (Fsp3) is 0.308. The summed E-state index contributed by atoms with van der Waals surface area (Å²) in [5.41, 5.74) is 0.374. The molecule has 0 aliphatic heterocycles. The number of rotatable bonds is 2. The molecule has 0 saturated heterocycles. The third kappa shape index (κ3) is 4.34. The number of hydrogen-bond donors (Lipinski definition) is 0. The van der Waals surface area contributed by atoms with Crippen LogP contribution in [0.4, 0.5) is 8.78 Å². The molecule has 0 fully saturated rings. The zero-order chi connectivity index (χ0) is 13.4. The first-order valence-electron chi connectivity index (χ1n) is 5.27. The van der Waals surface area contributed by atoms with E-state index in [2.05, 4.69) is 4.74 Å². The predicted octanol–water partition coefficient (Wildman–Crippen LogP) is 3.73. The van der Waals surface area contributed by atoms with Gasteiger partial charge in [0.15, 0.2) is 0 Å². The molecular weight excluding hydrogens is 226 g/mol. The third-order valence-electron chi connectivity index (χ3n) is 1.95. The molecule has 1 rings (SSSR count). The molecule has 0 N–H and O–H groups in total. The maximum absolute atomic E-state index is 13.3. The zero-order valence-electron chi connectivity index (χ0n) is 10.4. The smallest absolute Gasteiger partial charge is 0.367 e. The summed E-state index contributed by atoms with van der Waals surface area (Å²) in [6.45, 7) is 5.39. The van der Waals surface area contributed by atoms with Crippen molar-refractivity contribution < 1.29 is 18.3 Å². The van der Waals surface area contributed by atoms with Crippen molar-refractivity contribution in [1.29, 1.82) is 0 Å². The first-order valence-corrected chi connectivity index (χ1v) is 5.27. The van der Waals surface area contributed by atoms with Gasteiger partial charge in [0.1, 0.15) is 5.82 Å². The van der Waals surface area contributed by atoms with E-state index in [-0.39, 0.29) is 5.57 Å². The Morgan fingerprint density at radius 3 is 2.35 bits per heavy atom. The molecule has 0 aliphatic carbocycles. The quantitative estimate of drug-likeness (QED) is 0.583. The lowest BCUT2D eigenvalue weighted by molar-refractivity contribution is -0.137. The lowest BCUT2D eigenvalue weighted by Gasteiger charge is -2.03. The van der Waals surface area contributed by atoms with Crippen LogP contribution in [0.5, 0.6) is 0 Å². The molecule has 0 aliphatic rings. The summed E-state index contributed by atoms with van der Waals surface area (Å²) in [5, 5.41) is 0. The molecule has 1 aromatic carbocycles. The second kappa shape index (κ2) is 7.54.